The first-order valence-corrected chi connectivity index (χ1v) is 11.2. The molecule has 0 aliphatic carbocycles. The Morgan fingerprint density at radius 1 is 0.968 bits per heavy atom. The van der Waals surface area contributed by atoms with E-state index in [1.807, 2.05) is 43.4 Å². The van der Waals surface area contributed by atoms with Gasteiger partial charge in [0.05, 0.1) is 18.3 Å². The van der Waals surface area contributed by atoms with Crippen molar-refractivity contribution in [2.75, 3.05) is 31.5 Å². The predicted molar refractivity (Wildman–Crippen MR) is 136 cm³/mol. The van der Waals surface area contributed by atoms with Crippen LogP contribution in [0.25, 0.3) is 0 Å². The normalized spacial score (nSPS) is 11.8. The van der Waals surface area contributed by atoms with E-state index in [0.29, 0.717) is 12.1 Å². The first-order valence-electron chi connectivity index (χ1n) is 10.3. The van der Waals surface area contributed by atoms with Gasteiger partial charge in [0, 0.05) is 37.6 Å². The Bertz CT molecular complexity index is 841. The molecule has 2 N–H and O–H groups in total. The number of hydrogen-bond acceptors (Lipinski definition) is 7. The van der Waals surface area contributed by atoms with Crippen LogP contribution < -0.4 is 20.5 Å². The second kappa shape index (κ2) is 12.1. The van der Waals surface area contributed by atoms with Crippen molar-refractivity contribution in [2.24, 2.45) is 10.2 Å². The Hall–Kier alpha value is -2.87. The van der Waals surface area contributed by atoms with Gasteiger partial charge >= 0.3 is 0 Å². The maximum atomic E-state index is 5.23. The minimum atomic E-state index is 0.344. The molecule has 2 aromatic carbocycles. The molecule has 8 heteroatoms. The highest BCUT2D eigenvalue weighted by atomic mass is 32.2. The van der Waals surface area contributed by atoms with Crippen LogP contribution in [-0.4, -0.2) is 48.9 Å². The standard InChI is InChI=1S/C23H34N6OS/c1-17(2)29(18(3)4)23(27-24-5)31-16-25-26-19-8-10-20(11-9-19)28(6)21-12-14-22(30-7)15-13-21/h8-18,24,26H,1-7H3/b25-16-,27-23?. The van der Waals surface area contributed by atoms with Crippen molar-refractivity contribution >= 4 is 39.5 Å². The van der Waals surface area contributed by atoms with Crippen LogP contribution >= 0.6 is 11.8 Å². The average Bonchev–Trinajstić information content (AvgIpc) is 2.76. The number of anilines is 3. The van der Waals surface area contributed by atoms with E-state index in [1.54, 1.807) is 19.7 Å². The van der Waals surface area contributed by atoms with Gasteiger partial charge in [0.1, 0.15) is 5.75 Å². The highest BCUT2D eigenvalue weighted by Crippen LogP contribution is 2.26. The smallest absolute Gasteiger partial charge is 0.189 e. The van der Waals surface area contributed by atoms with Gasteiger partial charge in [-0.2, -0.15) is 10.2 Å². The molecule has 0 bridgehead atoms. The molecule has 31 heavy (non-hydrogen) atoms. The van der Waals surface area contributed by atoms with Gasteiger partial charge in [0.25, 0.3) is 0 Å². The molecular weight excluding hydrogens is 408 g/mol. The summed E-state index contributed by atoms with van der Waals surface area (Å²) in [4.78, 5) is 4.37. The largest absolute Gasteiger partial charge is 0.497 e. The molecule has 168 valence electrons. The van der Waals surface area contributed by atoms with E-state index in [1.165, 1.54) is 11.8 Å². The number of ether oxygens (including phenoxy) is 1. The minimum absolute atomic E-state index is 0.344. The van der Waals surface area contributed by atoms with Gasteiger partial charge < -0.3 is 20.0 Å². The monoisotopic (exact) mass is 442 g/mol. The summed E-state index contributed by atoms with van der Waals surface area (Å²) in [7, 11) is 5.51. The fraction of sp³-hybridized carbons (Fsp3) is 0.391. The lowest BCUT2D eigenvalue weighted by Gasteiger charge is -2.32. The number of rotatable bonds is 9. The summed E-state index contributed by atoms with van der Waals surface area (Å²) in [5, 5.41) is 9.63. The van der Waals surface area contributed by atoms with Crippen molar-refractivity contribution in [3.05, 3.63) is 48.5 Å². The summed E-state index contributed by atoms with van der Waals surface area (Å²) in [6, 6.07) is 16.8. The summed E-state index contributed by atoms with van der Waals surface area (Å²) in [6.45, 7) is 8.63. The predicted octanol–water partition coefficient (Wildman–Crippen LogP) is 5.16. The Morgan fingerprint density at radius 2 is 1.52 bits per heavy atom. The van der Waals surface area contributed by atoms with Crippen LogP contribution in [-0.2, 0) is 0 Å². The zero-order valence-electron chi connectivity index (χ0n) is 19.5. The highest BCUT2D eigenvalue weighted by molar-refractivity contribution is 8.24. The van der Waals surface area contributed by atoms with Gasteiger partial charge in [0.2, 0.25) is 0 Å². The molecule has 0 aliphatic heterocycles. The van der Waals surface area contributed by atoms with Gasteiger partial charge in [-0.15, -0.1) is 0 Å². The van der Waals surface area contributed by atoms with Crippen LogP contribution in [0, 0.1) is 0 Å². The second-order valence-corrected chi connectivity index (χ2v) is 8.29. The number of methoxy groups -OCH3 is 1. The third-order valence-electron chi connectivity index (χ3n) is 4.66. The fourth-order valence-electron chi connectivity index (χ4n) is 3.17. The molecule has 0 atom stereocenters. The van der Waals surface area contributed by atoms with Crippen LogP contribution in [0.5, 0.6) is 5.75 Å². The number of amidine groups is 1. The summed E-state index contributed by atoms with van der Waals surface area (Å²) in [5.74, 6) is 0.847. The first-order chi connectivity index (χ1) is 14.9. The Kier molecular flexibility index (Phi) is 9.52. The fourth-order valence-corrected chi connectivity index (χ4v) is 4.05. The number of hydrogen-bond donors (Lipinski definition) is 2. The van der Waals surface area contributed by atoms with E-state index >= 15 is 0 Å². The van der Waals surface area contributed by atoms with Crippen LogP contribution in [0.15, 0.2) is 58.7 Å². The zero-order valence-corrected chi connectivity index (χ0v) is 20.3. The number of thioether (sulfide) groups is 1. The van der Waals surface area contributed by atoms with Gasteiger partial charge in [-0.3, -0.25) is 5.43 Å². The van der Waals surface area contributed by atoms with Crippen molar-refractivity contribution in [3.63, 3.8) is 0 Å². The minimum Gasteiger partial charge on any atom is -0.497 e. The van der Waals surface area contributed by atoms with Crippen molar-refractivity contribution in [1.82, 2.24) is 10.3 Å². The molecule has 7 nitrogen and oxygen atoms in total. The molecule has 0 amide bonds. The third kappa shape index (κ3) is 7.10. The number of benzene rings is 2. The van der Waals surface area contributed by atoms with E-state index in [2.05, 4.69) is 70.7 Å². The SMILES string of the molecule is CNN=C(S/C=N\Nc1ccc(N(C)c2ccc(OC)cc2)cc1)N(C(C)C)C(C)C. The topological polar surface area (TPSA) is 64.5 Å². The lowest BCUT2D eigenvalue weighted by Crippen LogP contribution is -2.41. The molecule has 0 saturated heterocycles. The Balaban J connectivity index is 1.97. The Labute approximate surface area is 190 Å². The lowest BCUT2D eigenvalue weighted by molar-refractivity contribution is 0.296. The maximum Gasteiger partial charge on any atom is 0.189 e. The lowest BCUT2D eigenvalue weighted by atomic mass is 10.2. The molecule has 0 radical (unpaired) electrons. The van der Waals surface area contributed by atoms with Gasteiger partial charge in [0.15, 0.2) is 5.17 Å². The molecule has 2 aromatic rings. The number of hydrazone groups is 2. The van der Waals surface area contributed by atoms with Gasteiger partial charge in [-0.1, -0.05) is 0 Å². The molecular formula is C23H34N6OS. The van der Waals surface area contributed by atoms with Gasteiger partial charge in [-0.05, 0) is 88.0 Å². The molecule has 0 fully saturated rings. The third-order valence-corrected chi connectivity index (χ3v) is 5.38. The van der Waals surface area contributed by atoms with E-state index in [9.17, 15) is 0 Å². The van der Waals surface area contributed by atoms with Crippen molar-refractivity contribution in [3.8, 4) is 5.75 Å². The van der Waals surface area contributed by atoms with Crippen LogP contribution in [0.2, 0.25) is 0 Å². The van der Waals surface area contributed by atoms with Crippen LogP contribution in [0.4, 0.5) is 17.1 Å². The van der Waals surface area contributed by atoms with Crippen molar-refractivity contribution < 1.29 is 4.74 Å². The first kappa shape index (κ1) is 24.4. The molecule has 0 heterocycles. The van der Waals surface area contributed by atoms with Crippen LogP contribution in [0.1, 0.15) is 27.7 Å². The summed E-state index contributed by atoms with van der Waals surface area (Å²) in [6.07, 6.45) is 0. The molecule has 0 aliphatic rings. The average molecular weight is 443 g/mol. The molecule has 0 spiro atoms. The quantitative estimate of drug-likeness (QED) is 0.318. The van der Waals surface area contributed by atoms with Crippen molar-refractivity contribution in [2.45, 2.75) is 39.8 Å². The maximum absolute atomic E-state index is 5.23. The van der Waals surface area contributed by atoms with E-state index in [-0.39, 0.29) is 0 Å². The van der Waals surface area contributed by atoms with E-state index in [4.69, 9.17) is 4.74 Å². The number of nitrogens with zero attached hydrogens (tertiary/aromatic N) is 4. The summed E-state index contributed by atoms with van der Waals surface area (Å²) >= 11 is 1.48. The van der Waals surface area contributed by atoms with E-state index < -0.39 is 0 Å². The zero-order chi connectivity index (χ0) is 22.8. The summed E-state index contributed by atoms with van der Waals surface area (Å²) in [5.41, 5.74) is 10.8. The van der Waals surface area contributed by atoms with E-state index in [0.717, 1.165) is 28.0 Å². The van der Waals surface area contributed by atoms with Gasteiger partial charge in [-0.25, -0.2) is 0 Å². The molecule has 0 saturated carbocycles. The number of nitrogens with one attached hydrogen (secondary N) is 2. The van der Waals surface area contributed by atoms with Crippen molar-refractivity contribution in [1.29, 1.82) is 0 Å². The molecule has 0 aromatic heterocycles. The summed E-state index contributed by atoms with van der Waals surface area (Å²) < 4.78 is 5.23. The second-order valence-electron chi connectivity index (χ2n) is 7.48. The molecule has 2 rings (SSSR count). The highest BCUT2D eigenvalue weighted by Gasteiger charge is 2.18. The Morgan fingerprint density at radius 3 is 2.00 bits per heavy atom. The van der Waals surface area contributed by atoms with Crippen LogP contribution in [0.3, 0.4) is 0 Å². The molecule has 0 unspecified atom stereocenters.